The molecule has 8 nitrogen and oxygen atoms in total. The molecule has 2 fully saturated rings. The van der Waals surface area contributed by atoms with Crippen molar-refractivity contribution in [1.82, 2.24) is 4.90 Å². The number of anilines is 2. The number of nitro groups is 1. The molecule has 0 aliphatic carbocycles. The van der Waals surface area contributed by atoms with E-state index in [4.69, 9.17) is 0 Å². The lowest BCUT2D eigenvalue weighted by molar-refractivity contribution is -0.384. The summed E-state index contributed by atoms with van der Waals surface area (Å²) >= 11 is 0. The topological polar surface area (TPSA) is 87.0 Å². The highest BCUT2D eigenvalue weighted by molar-refractivity contribution is 6.16. The molecule has 4 rings (SSSR count). The van der Waals surface area contributed by atoms with E-state index >= 15 is 0 Å². The van der Waals surface area contributed by atoms with E-state index in [0.29, 0.717) is 25.2 Å². The van der Waals surface area contributed by atoms with Crippen LogP contribution in [0, 0.1) is 10.1 Å². The van der Waals surface area contributed by atoms with Gasteiger partial charge in [-0.25, -0.2) is 0 Å². The van der Waals surface area contributed by atoms with E-state index in [-0.39, 0.29) is 36.0 Å². The van der Waals surface area contributed by atoms with E-state index in [9.17, 15) is 19.7 Å². The lowest BCUT2D eigenvalue weighted by Gasteiger charge is -2.36. The Morgan fingerprint density at radius 3 is 2.20 bits per heavy atom. The van der Waals surface area contributed by atoms with Gasteiger partial charge in [0.25, 0.3) is 5.69 Å². The van der Waals surface area contributed by atoms with Crippen LogP contribution in [0.1, 0.15) is 24.8 Å². The maximum absolute atomic E-state index is 12.2. The van der Waals surface area contributed by atoms with E-state index in [1.54, 1.807) is 12.1 Å². The van der Waals surface area contributed by atoms with Gasteiger partial charge in [0.15, 0.2) is 0 Å². The molecule has 2 aromatic rings. The van der Waals surface area contributed by atoms with Crippen molar-refractivity contribution in [3.8, 4) is 0 Å². The predicted octanol–water partition coefficient (Wildman–Crippen LogP) is 2.96. The van der Waals surface area contributed by atoms with E-state index in [2.05, 4.69) is 17.0 Å². The van der Waals surface area contributed by atoms with Crippen LogP contribution in [0.3, 0.4) is 0 Å². The van der Waals surface area contributed by atoms with Crippen LogP contribution in [0.2, 0.25) is 0 Å². The van der Waals surface area contributed by atoms with Gasteiger partial charge in [-0.1, -0.05) is 30.3 Å². The molecule has 0 N–H and O–H groups in total. The van der Waals surface area contributed by atoms with Crippen molar-refractivity contribution >= 4 is 28.9 Å². The number of piperidine rings is 1. The van der Waals surface area contributed by atoms with Crippen molar-refractivity contribution in [1.29, 1.82) is 0 Å². The van der Waals surface area contributed by atoms with Crippen molar-refractivity contribution in [3.05, 3.63) is 64.2 Å². The fourth-order valence-corrected chi connectivity index (χ4v) is 4.09. The molecule has 0 spiro atoms. The average Bonchev–Trinajstić information content (AvgIpc) is 2.75. The molecule has 2 aliphatic rings. The molecule has 2 aliphatic heterocycles. The number of piperazine rings is 1. The van der Waals surface area contributed by atoms with Gasteiger partial charge in [-0.05, 0) is 24.1 Å². The third-order valence-electron chi connectivity index (χ3n) is 5.66. The minimum absolute atomic E-state index is 0.0739. The van der Waals surface area contributed by atoms with Crippen molar-refractivity contribution in [2.24, 2.45) is 0 Å². The van der Waals surface area contributed by atoms with Gasteiger partial charge in [-0.15, -0.1) is 0 Å². The highest BCUT2D eigenvalue weighted by atomic mass is 16.6. The van der Waals surface area contributed by atoms with Gasteiger partial charge in [0.2, 0.25) is 11.8 Å². The smallest absolute Gasteiger partial charge is 0.294 e. The van der Waals surface area contributed by atoms with Crippen LogP contribution in [0.5, 0.6) is 0 Å². The number of nitrogens with zero attached hydrogens (tertiary/aromatic N) is 4. The highest BCUT2D eigenvalue weighted by Crippen LogP contribution is 2.34. The molecule has 30 heavy (non-hydrogen) atoms. The Bertz CT molecular complexity index is 939. The number of benzene rings is 2. The van der Waals surface area contributed by atoms with Crippen LogP contribution in [0.15, 0.2) is 48.5 Å². The average molecular weight is 408 g/mol. The zero-order chi connectivity index (χ0) is 21.1. The van der Waals surface area contributed by atoms with Crippen LogP contribution in [0.4, 0.5) is 17.1 Å². The maximum Gasteiger partial charge on any atom is 0.294 e. The molecule has 2 aromatic carbocycles. The minimum atomic E-state index is -0.436. The van der Waals surface area contributed by atoms with Gasteiger partial charge < -0.3 is 4.90 Å². The summed E-state index contributed by atoms with van der Waals surface area (Å²) in [5.74, 6) is -0.606. The van der Waals surface area contributed by atoms with Crippen molar-refractivity contribution in [2.45, 2.75) is 25.8 Å². The summed E-state index contributed by atoms with van der Waals surface area (Å²) in [6.07, 6.45) is 1.09. The summed E-state index contributed by atoms with van der Waals surface area (Å²) in [6.45, 7) is 3.81. The number of hydrogen-bond acceptors (Lipinski definition) is 6. The summed E-state index contributed by atoms with van der Waals surface area (Å²) in [7, 11) is 0. The first-order chi connectivity index (χ1) is 14.5. The number of amides is 2. The fourth-order valence-electron chi connectivity index (χ4n) is 4.09. The molecule has 0 unspecified atom stereocenters. The second kappa shape index (κ2) is 8.62. The zero-order valence-corrected chi connectivity index (χ0v) is 16.7. The Morgan fingerprint density at radius 1 is 0.900 bits per heavy atom. The van der Waals surface area contributed by atoms with Gasteiger partial charge in [-0.3, -0.25) is 29.5 Å². The third kappa shape index (κ3) is 4.18. The zero-order valence-electron chi connectivity index (χ0n) is 16.7. The van der Waals surface area contributed by atoms with E-state index in [1.807, 2.05) is 23.1 Å². The molecule has 2 saturated heterocycles. The quantitative estimate of drug-likeness (QED) is 0.429. The molecular formula is C22H24N4O4. The van der Waals surface area contributed by atoms with E-state index in [0.717, 1.165) is 24.5 Å². The number of rotatable bonds is 5. The molecule has 2 amide bonds. The van der Waals surface area contributed by atoms with Crippen LogP contribution in [-0.2, 0) is 16.1 Å². The molecule has 0 aromatic heterocycles. The minimum Gasteiger partial charge on any atom is -0.363 e. The normalized spacial score (nSPS) is 18.0. The Hall–Kier alpha value is -3.26. The first-order valence-electron chi connectivity index (χ1n) is 10.2. The van der Waals surface area contributed by atoms with Gasteiger partial charge in [0, 0.05) is 51.6 Å². The van der Waals surface area contributed by atoms with E-state index in [1.165, 1.54) is 11.6 Å². The molecule has 0 atom stereocenters. The van der Waals surface area contributed by atoms with Crippen molar-refractivity contribution in [3.63, 3.8) is 0 Å². The summed E-state index contributed by atoms with van der Waals surface area (Å²) < 4.78 is 0. The predicted molar refractivity (Wildman–Crippen MR) is 113 cm³/mol. The Balaban J connectivity index is 1.50. The highest BCUT2D eigenvalue weighted by Gasteiger charge is 2.30. The largest absolute Gasteiger partial charge is 0.363 e. The first kappa shape index (κ1) is 20.0. The molecule has 0 saturated carbocycles. The molecule has 0 radical (unpaired) electrons. The monoisotopic (exact) mass is 408 g/mol. The number of nitro benzene ring substituents is 1. The van der Waals surface area contributed by atoms with Crippen molar-refractivity contribution in [2.75, 3.05) is 36.0 Å². The number of carbonyl (C=O) groups is 2. The molecule has 0 bridgehead atoms. The lowest BCUT2D eigenvalue weighted by atomic mass is 10.1. The van der Waals surface area contributed by atoms with Crippen LogP contribution in [0.25, 0.3) is 0 Å². The second-order valence-electron chi connectivity index (χ2n) is 7.66. The van der Waals surface area contributed by atoms with Crippen LogP contribution in [-0.4, -0.2) is 47.8 Å². The summed E-state index contributed by atoms with van der Waals surface area (Å²) in [5, 5.41) is 11.7. The number of hydrogen-bond donors (Lipinski definition) is 0. The number of imide groups is 1. The van der Waals surface area contributed by atoms with Gasteiger partial charge in [0.05, 0.1) is 10.6 Å². The third-order valence-corrected chi connectivity index (χ3v) is 5.66. The van der Waals surface area contributed by atoms with Gasteiger partial charge in [-0.2, -0.15) is 0 Å². The van der Waals surface area contributed by atoms with Gasteiger partial charge >= 0.3 is 0 Å². The standard InChI is InChI=1S/C22H24N4O4/c27-21-7-4-8-22(28)25(21)18-9-10-19(20(15-18)26(29)30)24-13-11-23(12-14-24)16-17-5-2-1-3-6-17/h1-3,5-6,9-10,15H,4,7-8,11-14,16H2. The number of carbonyl (C=O) groups excluding carboxylic acids is 2. The van der Waals surface area contributed by atoms with Crippen LogP contribution < -0.4 is 9.80 Å². The first-order valence-corrected chi connectivity index (χ1v) is 10.2. The molecular weight excluding hydrogens is 384 g/mol. The molecule has 2 heterocycles. The summed E-state index contributed by atoms with van der Waals surface area (Å²) in [4.78, 5) is 41.1. The summed E-state index contributed by atoms with van der Waals surface area (Å²) in [6, 6.07) is 14.9. The fraction of sp³-hybridized carbons (Fsp3) is 0.364. The Morgan fingerprint density at radius 2 is 1.57 bits per heavy atom. The SMILES string of the molecule is O=C1CCCC(=O)N1c1ccc(N2CCN(Cc3ccccc3)CC2)c([N+](=O)[O-])c1. The van der Waals surface area contributed by atoms with E-state index < -0.39 is 4.92 Å². The van der Waals surface area contributed by atoms with Gasteiger partial charge in [0.1, 0.15) is 5.69 Å². The Labute approximate surface area is 174 Å². The maximum atomic E-state index is 12.2. The second-order valence-corrected chi connectivity index (χ2v) is 7.66. The Kier molecular flexibility index (Phi) is 5.76. The molecule has 156 valence electrons. The molecule has 8 heteroatoms. The van der Waals surface area contributed by atoms with Crippen molar-refractivity contribution < 1.29 is 14.5 Å². The summed E-state index contributed by atoms with van der Waals surface area (Å²) in [5.41, 5.74) is 1.98. The van der Waals surface area contributed by atoms with Crippen LogP contribution >= 0.6 is 0 Å². The lowest BCUT2D eigenvalue weighted by Crippen LogP contribution is -2.46.